The molecule has 4 rings (SSSR count). The average Bonchev–Trinajstić information content (AvgIpc) is 2.79. The SMILES string of the molecule is CC(C)n1ncc2cc3c(cc21)COc1ccccc1C3. The lowest BCUT2D eigenvalue weighted by atomic mass is 9.99. The topological polar surface area (TPSA) is 27.1 Å². The lowest BCUT2D eigenvalue weighted by Crippen LogP contribution is -2.03. The second kappa shape index (κ2) is 4.62. The van der Waals surface area contributed by atoms with Crippen molar-refractivity contribution in [3.05, 3.63) is 59.3 Å². The predicted octanol–water partition coefficient (Wildman–Crippen LogP) is 4.10. The van der Waals surface area contributed by atoms with Crippen LogP contribution in [0.25, 0.3) is 10.9 Å². The number of fused-ring (bicyclic) bond motifs is 3. The molecular formula is C18H18N2O. The van der Waals surface area contributed by atoms with E-state index in [-0.39, 0.29) is 0 Å². The van der Waals surface area contributed by atoms with E-state index in [4.69, 9.17) is 4.74 Å². The standard InChI is InChI=1S/C18H18N2O/c1-12(2)20-17-9-16-11-21-18-6-4-3-5-13(18)7-14(16)8-15(17)10-19-20/h3-6,8-10,12H,7,11H2,1-2H3. The molecule has 1 aromatic heterocycles. The molecule has 0 saturated carbocycles. The summed E-state index contributed by atoms with van der Waals surface area (Å²) in [7, 11) is 0. The van der Waals surface area contributed by atoms with E-state index in [9.17, 15) is 0 Å². The summed E-state index contributed by atoms with van der Waals surface area (Å²) in [5.41, 5.74) is 5.06. The summed E-state index contributed by atoms with van der Waals surface area (Å²) in [6.07, 6.45) is 2.89. The van der Waals surface area contributed by atoms with Crippen LogP contribution in [0.15, 0.2) is 42.6 Å². The fourth-order valence-corrected chi connectivity index (χ4v) is 3.05. The average molecular weight is 278 g/mol. The maximum absolute atomic E-state index is 5.97. The zero-order valence-electron chi connectivity index (χ0n) is 12.3. The summed E-state index contributed by atoms with van der Waals surface area (Å²) in [6, 6.07) is 13.2. The van der Waals surface area contributed by atoms with Crippen LogP contribution in [-0.4, -0.2) is 9.78 Å². The Labute approximate surface area is 124 Å². The zero-order chi connectivity index (χ0) is 14.4. The number of para-hydroxylation sites is 1. The molecule has 1 aliphatic rings. The second-order valence-corrected chi connectivity index (χ2v) is 5.94. The van der Waals surface area contributed by atoms with Gasteiger partial charge in [-0.25, -0.2) is 0 Å². The molecule has 2 heterocycles. The van der Waals surface area contributed by atoms with Gasteiger partial charge in [-0.3, -0.25) is 4.68 Å². The van der Waals surface area contributed by atoms with E-state index >= 15 is 0 Å². The summed E-state index contributed by atoms with van der Waals surface area (Å²) >= 11 is 0. The van der Waals surface area contributed by atoms with Crippen LogP contribution in [0.1, 0.15) is 36.6 Å². The monoisotopic (exact) mass is 278 g/mol. The molecule has 0 unspecified atom stereocenters. The molecule has 0 amide bonds. The molecule has 3 aromatic rings. The van der Waals surface area contributed by atoms with Gasteiger partial charge in [0.05, 0.1) is 11.7 Å². The Morgan fingerprint density at radius 2 is 1.95 bits per heavy atom. The summed E-state index contributed by atoms with van der Waals surface area (Å²) in [6.45, 7) is 4.94. The fraction of sp³-hybridized carbons (Fsp3) is 0.278. The minimum absolute atomic E-state index is 0.365. The van der Waals surface area contributed by atoms with Crippen molar-refractivity contribution in [3.63, 3.8) is 0 Å². The predicted molar refractivity (Wildman–Crippen MR) is 83.7 cm³/mol. The molecule has 0 saturated heterocycles. The van der Waals surface area contributed by atoms with Gasteiger partial charge in [-0.05, 0) is 48.7 Å². The first-order valence-electron chi connectivity index (χ1n) is 7.42. The van der Waals surface area contributed by atoms with Gasteiger partial charge in [0.1, 0.15) is 12.4 Å². The molecule has 0 spiro atoms. The molecule has 21 heavy (non-hydrogen) atoms. The molecule has 2 aromatic carbocycles. The highest BCUT2D eigenvalue weighted by Crippen LogP contribution is 2.31. The molecule has 0 N–H and O–H groups in total. The summed E-state index contributed by atoms with van der Waals surface area (Å²) in [5.74, 6) is 1.00. The number of ether oxygens (including phenoxy) is 1. The first-order chi connectivity index (χ1) is 10.2. The molecule has 0 aliphatic carbocycles. The largest absolute Gasteiger partial charge is 0.489 e. The molecule has 0 radical (unpaired) electrons. The van der Waals surface area contributed by atoms with Gasteiger partial charge in [0.2, 0.25) is 0 Å². The number of aromatic nitrogens is 2. The molecule has 106 valence electrons. The molecule has 3 nitrogen and oxygen atoms in total. The Kier molecular flexibility index (Phi) is 2.74. The third-order valence-corrected chi connectivity index (χ3v) is 4.14. The lowest BCUT2D eigenvalue weighted by molar-refractivity contribution is 0.307. The number of hydrogen-bond donors (Lipinski definition) is 0. The van der Waals surface area contributed by atoms with Gasteiger partial charge in [-0.2, -0.15) is 5.10 Å². The highest BCUT2D eigenvalue weighted by molar-refractivity contribution is 5.81. The van der Waals surface area contributed by atoms with Crippen LogP contribution in [0, 0.1) is 0 Å². The first-order valence-corrected chi connectivity index (χ1v) is 7.42. The van der Waals surface area contributed by atoms with E-state index in [0.717, 1.165) is 12.2 Å². The van der Waals surface area contributed by atoms with Crippen LogP contribution < -0.4 is 4.74 Å². The van der Waals surface area contributed by atoms with Crippen LogP contribution >= 0.6 is 0 Å². The van der Waals surface area contributed by atoms with Gasteiger partial charge in [-0.1, -0.05) is 18.2 Å². The van der Waals surface area contributed by atoms with E-state index in [0.29, 0.717) is 12.6 Å². The smallest absolute Gasteiger partial charge is 0.123 e. The Hall–Kier alpha value is -2.29. The normalized spacial score (nSPS) is 13.7. The van der Waals surface area contributed by atoms with Crippen molar-refractivity contribution in [2.75, 3.05) is 0 Å². The van der Waals surface area contributed by atoms with Gasteiger partial charge in [-0.15, -0.1) is 0 Å². The summed E-state index contributed by atoms with van der Waals surface area (Å²) < 4.78 is 8.05. The zero-order valence-corrected chi connectivity index (χ0v) is 12.3. The number of hydrogen-bond acceptors (Lipinski definition) is 2. The van der Waals surface area contributed by atoms with Crippen LogP contribution in [0.3, 0.4) is 0 Å². The first kappa shape index (κ1) is 12.5. The van der Waals surface area contributed by atoms with Crippen molar-refractivity contribution in [1.82, 2.24) is 9.78 Å². The Bertz CT molecular complexity index is 817. The van der Waals surface area contributed by atoms with Crippen molar-refractivity contribution in [2.45, 2.75) is 32.9 Å². The quantitative estimate of drug-likeness (QED) is 0.670. The third kappa shape index (κ3) is 2.00. The molecular weight excluding hydrogens is 260 g/mol. The van der Waals surface area contributed by atoms with Crippen LogP contribution in [0.5, 0.6) is 5.75 Å². The maximum Gasteiger partial charge on any atom is 0.123 e. The van der Waals surface area contributed by atoms with Crippen LogP contribution in [0.2, 0.25) is 0 Å². The van der Waals surface area contributed by atoms with Gasteiger partial charge in [0, 0.05) is 17.8 Å². The highest BCUT2D eigenvalue weighted by Gasteiger charge is 2.16. The van der Waals surface area contributed by atoms with Gasteiger partial charge in [0.15, 0.2) is 0 Å². The molecule has 1 aliphatic heterocycles. The molecule has 0 atom stereocenters. The van der Waals surface area contributed by atoms with E-state index in [1.807, 2.05) is 12.3 Å². The summed E-state index contributed by atoms with van der Waals surface area (Å²) in [5, 5.41) is 5.72. The van der Waals surface area contributed by atoms with Crippen molar-refractivity contribution >= 4 is 10.9 Å². The summed E-state index contributed by atoms with van der Waals surface area (Å²) in [4.78, 5) is 0. The van der Waals surface area contributed by atoms with Crippen molar-refractivity contribution in [2.24, 2.45) is 0 Å². The molecule has 3 heteroatoms. The van der Waals surface area contributed by atoms with Gasteiger partial charge < -0.3 is 4.74 Å². The molecule has 0 bridgehead atoms. The minimum atomic E-state index is 0.365. The number of rotatable bonds is 1. The second-order valence-electron chi connectivity index (χ2n) is 5.94. The Morgan fingerprint density at radius 3 is 2.81 bits per heavy atom. The Balaban J connectivity index is 1.87. The van der Waals surface area contributed by atoms with E-state index in [1.165, 1.54) is 27.6 Å². The molecule has 0 fully saturated rings. The van der Waals surface area contributed by atoms with Crippen LogP contribution in [0.4, 0.5) is 0 Å². The van der Waals surface area contributed by atoms with Crippen molar-refractivity contribution in [1.29, 1.82) is 0 Å². The minimum Gasteiger partial charge on any atom is -0.489 e. The van der Waals surface area contributed by atoms with E-state index in [2.05, 4.69) is 54.0 Å². The van der Waals surface area contributed by atoms with Gasteiger partial charge >= 0.3 is 0 Å². The Morgan fingerprint density at radius 1 is 1.10 bits per heavy atom. The third-order valence-electron chi connectivity index (χ3n) is 4.14. The van der Waals surface area contributed by atoms with Crippen molar-refractivity contribution < 1.29 is 4.74 Å². The van der Waals surface area contributed by atoms with Crippen LogP contribution in [-0.2, 0) is 13.0 Å². The van der Waals surface area contributed by atoms with Crippen molar-refractivity contribution in [3.8, 4) is 5.75 Å². The maximum atomic E-state index is 5.97. The highest BCUT2D eigenvalue weighted by atomic mass is 16.5. The fourth-order valence-electron chi connectivity index (χ4n) is 3.05. The lowest BCUT2D eigenvalue weighted by Gasteiger charge is -2.10. The number of benzene rings is 2. The number of nitrogens with zero attached hydrogens (tertiary/aromatic N) is 2. The van der Waals surface area contributed by atoms with E-state index in [1.54, 1.807) is 0 Å². The van der Waals surface area contributed by atoms with Gasteiger partial charge in [0.25, 0.3) is 0 Å². The van der Waals surface area contributed by atoms with E-state index < -0.39 is 0 Å².